The third kappa shape index (κ3) is 3.54. The molecule has 116 valence electrons. The lowest BCUT2D eigenvalue weighted by Gasteiger charge is -2.29. The molecule has 2 atom stereocenters. The van der Waals surface area contributed by atoms with Crippen LogP contribution >= 0.6 is 0 Å². The maximum atomic E-state index is 12.4. The fourth-order valence-corrected chi connectivity index (χ4v) is 2.69. The van der Waals surface area contributed by atoms with Gasteiger partial charge in [-0.25, -0.2) is 0 Å². The van der Waals surface area contributed by atoms with Crippen LogP contribution in [0.2, 0.25) is 0 Å². The lowest BCUT2D eigenvalue weighted by molar-refractivity contribution is -0.133. The van der Waals surface area contributed by atoms with Gasteiger partial charge in [0.1, 0.15) is 11.9 Å². The molecule has 3 N–H and O–H groups in total. The van der Waals surface area contributed by atoms with E-state index in [9.17, 15) is 4.79 Å². The van der Waals surface area contributed by atoms with Gasteiger partial charge >= 0.3 is 0 Å². The first-order chi connectivity index (χ1) is 9.97. The molecule has 0 unspecified atom stereocenters. The molecule has 1 amide bonds. The Balaban J connectivity index is 2.08. The predicted octanol–water partition coefficient (Wildman–Crippen LogP) is 1.55. The van der Waals surface area contributed by atoms with Gasteiger partial charge in [-0.3, -0.25) is 4.79 Å². The Morgan fingerprint density at radius 2 is 2.14 bits per heavy atom. The summed E-state index contributed by atoms with van der Waals surface area (Å²) < 4.78 is 11.0. The van der Waals surface area contributed by atoms with E-state index in [-0.39, 0.29) is 12.0 Å². The molecule has 0 radical (unpaired) electrons. The van der Waals surface area contributed by atoms with Gasteiger partial charge in [0.15, 0.2) is 0 Å². The summed E-state index contributed by atoms with van der Waals surface area (Å²) in [4.78, 5) is 12.4. The quantitative estimate of drug-likeness (QED) is 0.863. The minimum Gasteiger partial charge on any atom is -0.496 e. The zero-order valence-corrected chi connectivity index (χ0v) is 12.9. The lowest BCUT2D eigenvalue weighted by Crippen LogP contribution is -2.46. The van der Waals surface area contributed by atoms with Crippen LogP contribution in [-0.4, -0.2) is 31.8 Å². The number of para-hydroxylation sites is 1. The Hall–Kier alpha value is -1.59. The van der Waals surface area contributed by atoms with Gasteiger partial charge in [0.05, 0.1) is 18.8 Å². The zero-order chi connectivity index (χ0) is 15.5. The first-order valence-electron chi connectivity index (χ1n) is 7.29. The molecule has 0 bridgehead atoms. The SMILES string of the molecule is COc1ccccc1C(C)(C)NC(=O)[C@@H]1CC[C@H](CN)O1. The number of rotatable bonds is 5. The number of carbonyl (C=O) groups is 1. The second kappa shape index (κ2) is 6.45. The molecule has 5 heteroatoms. The van der Waals surface area contributed by atoms with E-state index in [1.54, 1.807) is 7.11 Å². The highest BCUT2D eigenvalue weighted by molar-refractivity contribution is 5.82. The van der Waals surface area contributed by atoms with Crippen LogP contribution in [0.15, 0.2) is 24.3 Å². The first kappa shape index (κ1) is 15.8. The van der Waals surface area contributed by atoms with Gasteiger partial charge in [-0.15, -0.1) is 0 Å². The van der Waals surface area contributed by atoms with Crippen molar-refractivity contribution in [3.05, 3.63) is 29.8 Å². The Bertz CT molecular complexity index is 502. The molecule has 1 aliphatic heterocycles. The predicted molar refractivity (Wildman–Crippen MR) is 81.1 cm³/mol. The van der Waals surface area contributed by atoms with Crippen molar-refractivity contribution in [3.8, 4) is 5.75 Å². The third-order valence-corrected chi connectivity index (χ3v) is 3.88. The summed E-state index contributed by atoms with van der Waals surface area (Å²) in [6, 6.07) is 7.69. The summed E-state index contributed by atoms with van der Waals surface area (Å²) in [7, 11) is 1.63. The normalized spacial score (nSPS) is 22.1. The van der Waals surface area contributed by atoms with Gasteiger partial charge in [0.25, 0.3) is 0 Å². The summed E-state index contributed by atoms with van der Waals surface area (Å²) in [6.07, 6.45) is 1.14. The fraction of sp³-hybridized carbons (Fsp3) is 0.562. The Kier molecular flexibility index (Phi) is 4.85. The number of hydrogen-bond donors (Lipinski definition) is 2. The molecule has 1 fully saturated rings. The standard InChI is InChI=1S/C16H24N2O3/c1-16(2,12-6-4-5-7-13(12)20-3)18-15(19)14-9-8-11(10-17)21-14/h4-7,11,14H,8-10,17H2,1-3H3,(H,18,19)/t11-,14+/m1/s1. The van der Waals surface area contributed by atoms with Crippen LogP contribution in [0.4, 0.5) is 0 Å². The number of benzene rings is 1. The van der Waals surface area contributed by atoms with Crippen molar-refractivity contribution in [1.29, 1.82) is 0 Å². The minimum absolute atomic E-state index is 0.00452. The summed E-state index contributed by atoms with van der Waals surface area (Å²) >= 11 is 0. The molecule has 0 aromatic heterocycles. The van der Waals surface area contributed by atoms with Gasteiger partial charge in [-0.1, -0.05) is 18.2 Å². The van der Waals surface area contributed by atoms with E-state index in [0.29, 0.717) is 6.54 Å². The number of methoxy groups -OCH3 is 1. The molecular formula is C16H24N2O3. The van der Waals surface area contributed by atoms with Crippen molar-refractivity contribution in [2.45, 2.75) is 44.4 Å². The molecule has 0 saturated carbocycles. The van der Waals surface area contributed by atoms with E-state index in [1.807, 2.05) is 38.1 Å². The summed E-state index contributed by atoms with van der Waals surface area (Å²) in [5, 5.41) is 3.05. The largest absolute Gasteiger partial charge is 0.496 e. The summed E-state index contributed by atoms with van der Waals surface area (Å²) in [5.41, 5.74) is 5.98. The third-order valence-electron chi connectivity index (χ3n) is 3.88. The van der Waals surface area contributed by atoms with Crippen LogP contribution < -0.4 is 15.8 Å². The maximum absolute atomic E-state index is 12.4. The van der Waals surface area contributed by atoms with E-state index in [1.165, 1.54) is 0 Å². The first-order valence-corrected chi connectivity index (χ1v) is 7.29. The molecule has 0 spiro atoms. The molecule has 0 aliphatic carbocycles. The second-order valence-electron chi connectivity index (χ2n) is 5.87. The number of carbonyl (C=O) groups excluding carboxylic acids is 1. The average Bonchev–Trinajstić information content (AvgIpc) is 2.96. The van der Waals surface area contributed by atoms with Crippen LogP contribution in [0.3, 0.4) is 0 Å². The van der Waals surface area contributed by atoms with E-state index in [4.69, 9.17) is 15.2 Å². The van der Waals surface area contributed by atoms with Crippen molar-refractivity contribution in [3.63, 3.8) is 0 Å². The average molecular weight is 292 g/mol. The molecule has 1 aromatic rings. The second-order valence-corrected chi connectivity index (χ2v) is 5.87. The highest BCUT2D eigenvalue weighted by atomic mass is 16.5. The highest BCUT2D eigenvalue weighted by Gasteiger charge is 2.34. The van der Waals surface area contributed by atoms with Crippen LogP contribution in [0.1, 0.15) is 32.3 Å². The monoisotopic (exact) mass is 292 g/mol. The summed E-state index contributed by atoms with van der Waals surface area (Å²) in [5.74, 6) is 0.664. The summed E-state index contributed by atoms with van der Waals surface area (Å²) in [6.45, 7) is 4.37. The van der Waals surface area contributed by atoms with E-state index in [2.05, 4.69) is 5.32 Å². The number of nitrogens with one attached hydrogen (secondary N) is 1. The van der Waals surface area contributed by atoms with Gasteiger partial charge in [0.2, 0.25) is 5.91 Å². The Morgan fingerprint density at radius 3 is 2.76 bits per heavy atom. The van der Waals surface area contributed by atoms with Gasteiger partial charge in [-0.2, -0.15) is 0 Å². The van der Waals surface area contributed by atoms with Crippen molar-refractivity contribution in [1.82, 2.24) is 5.32 Å². The van der Waals surface area contributed by atoms with E-state index < -0.39 is 11.6 Å². The van der Waals surface area contributed by atoms with Gasteiger partial charge < -0.3 is 20.5 Å². The van der Waals surface area contributed by atoms with Crippen molar-refractivity contribution in [2.75, 3.05) is 13.7 Å². The van der Waals surface area contributed by atoms with Crippen molar-refractivity contribution in [2.24, 2.45) is 5.73 Å². The molecule has 2 rings (SSSR count). The topological polar surface area (TPSA) is 73.6 Å². The highest BCUT2D eigenvalue weighted by Crippen LogP contribution is 2.30. The Labute approximate surface area is 125 Å². The number of amides is 1. The maximum Gasteiger partial charge on any atom is 0.249 e. The van der Waals surface area contributed by atoms with Crippen molar-refractivity contribution < 1.29 is 14.3 Å². The number of nitrogens with two attached hydrogens (primary N) is 1. The number of ether oxygens (including phenoxy) is 2. The van der Waals surface area contributed by atoms with Crippen molar-refractivity contribution >= 4 is 5.91 Å². The molecule has 5 nitrogen and oxygen atoms in total. The lowest BCUT2D eigenvalue weighted by atomic mass is 9.93. The smallest absolute Gasteiger partial charge is 0.249 e. The van der Waals surface area contributed by atoms with Crippen LogP contribution in [0, 0.1) is 0 Å². The molecular weight excluding hydrogens is 268 g/mol. The van der Waals surface area contributed by atoms with E-state index >= 15 is 0 Å². The van der Waals surface area contributed by atoms with Crippen LogP contribution in [0.25, 0.3) is 0 Å². The molecule has 1 aromatic carbocycles. The molecule has 1 heterocycles. The molecule has 1 aliphatic rings. The molecule has 21 heavy (non-hydrogen) atoms. The zero-order valence-electron chi connectivity index (χ0n) is 12.9. The van der Waals surface area contributed by atoms with Crippen LogP contribution in [0.5, 0.6) is 5.75 Å². The fourth-order valence-electron chi connectivity index (χ4n) is 2.69. The molecule has 1 saturated heterocycles. The number of hydrogen-bond acceptors (Lipinski definition) is 4. The van der Waals surface area contributed by atoms with E-state index in [0.717, 1.165) is 24.2 Å². The van der Waals surface area contributed by atoms with Gasteiger partial charge in [-0.05, 0) is 32.8 Å². The van der Waals surface area contributed by atoms with Crippen LogP contribution in [-0.2, 0) is 15.1 Å². The van der Waals surface area contributed by atoms with Gasteiger partial charge in [0, 0.05) is 12.1 Å². The Morgan fingerprint density at radius 1 is 1.43 bits per heavy atom. The minimum atomic E-state index is -0.534.